The van der Waals surface area contributed by atoms with E-state index in [9.17, 15) is 0 Å². The maximum Gasteiger partial charge on any atom is 0.0330 e. The van der Waals surface area contributed by atoms with Gasteiger partial charge in [0.1, 0.15) is 0 Å². The molecule has 0 N–H and O–H groups in total. The Labute approximate surface area is 64.1 Å². The minimum Gasteiger partial charge on any atom is -0.0793 e. The average molecular weight is 144 g/mol. The highest BCUT2D eigenvalue weighted by Gasteiger charge is 1.97. The second-order valence-corrected chi connectivity index (χ2v) is 3.36. The molecule has 0 aliphatic heterocycles. The monoisotopic (exact) mass is 144 g/mol. The topological polar surface area (TPSA) is 0 Å². The van der Waals surface area contributed by atoms with Crippen molar-refractivity contribution in [3.8, 4) is 5.92 Å². The molecule has 0 saturated carbocycles. The highest BCUT2D eigenvalue weighted by Crippen LogP contribution is 2.03. The normalized spacial score (nSPS) is 20.4. The molecule has 1 heteroatoms. The van der Waals surface area contributed by atoms with Crippen LogP contribution in [0.1, 0.15) is 6.42 Å². The van der Waals surface area contributed by atoms with Gasteiger partial charge < -0.3 is 0 Å². The van der Waals surface area contributed by atoms with Gasteiger partial charge in [-0.2, -0.15) is 0 Å². The molecule has 1 aliphatic carbocycles. The van der Waals surface area contributed by atoms with Crippen LogP contribution in [0.5, 0.6) is 0 Å². The van der Waals surface area contributed by atoms with E-state index in [0.717, 1.165) is 12.0 Å². The zero-order valence-electron chi connectivity index (χ0n) is 5.94. The van der Waals surface area contributed by atoms with E-state index < -0.39 is 0 Å². The van der Waals surface area contributed by atoms with Gasteiger partial charge in [0.25, 0.3) is 0 Å². The second-order valence-electron chi connectivity index (χ2n) is 2.08. The maximum atomic E-state index is 6.86. The first-order valence-corrected chi connectivity index (χ1v) is 4.98. The summed E-state index contributed by atoms with van der Waals surface area (Å²) in [5.41, 5.74) is 0.788. The lowest BCUT2D eigenvalue weighted by Crippen LogP contribution is -2.01. The molecule has 2 radical (unpaired) electrons. The van der Waals surface area contributed by atoms with Crippen LogP contribution in [0.3, 0.4) is 0 Å². The summed E-state index contributed by atoms with van der Waals surface area (Å²) in [5, 5.41) is 1.34. The molecule has 0 heterocycles. The third-order valence-corrected chi connectivity index (χ3v) is 2.48. The molecular weight excluding hydrogens is 136 g/mol. The molecule has 0 saturated heterocycles. The van der Waals surface area contributed by atoms with E-state index in [-0.39, 0.29) is 0 Å². The van der Waals surface area contributed by atoms with E-state index in [0.29, 0.717) is 9.13 Å². The van der Waals surface area contributed by atoms with Gasteiger partial charge in [-0.1, -0.05) is 23.7 Å². The molecule has 0 aromatic rings. The fourth-order valence-electron chi connectivity index (χ4n) is 0.832. The predicted octanol–water partition coefficient (Wildman–Crippen LogP) is 0.923. The first-order valence-electron chi connectivity index (χ1n) is 3.25. The molecule has 1 rings (SSSR count). The fraction of sp³-hybridized carbons (Fsp3) is 0.222. The second kappa shape index (κ2) is 3.33. The van der Waals surface area contributed by atoms with Crippen LogP contribution in [0.4, 0.5) is 0 Å². The molecule has 0 spiro atoms. The number of hydrogen-bond acceptors (Lipinski definition) is 0. The van der Waals surface area contributed by atoms with Gasteiger partial charge in [0.2, 0.25) is 0 Å². The summed E-state index contributed by atoms with van der Waals surface area (Å²) < 4.78 is 0. The summed E-state index contributed by atoms with van der Waals surface area (Å²) in [4.78, 5) is 0. The summed E-state index contributed by atoms with van der Waals surface area (Å²) in [7, 11) is 0.372. The van der Waals surface area contributed by atoms with Crippen molar-refractivity contribution in [3.05, 3.63) is 30.2 Å². The van der Waals surface area contributed by atoms with Crippen LogP contribution < -0.4 is 0 Å². The third kappa shape index (κ3) is 1.55. The molecule has 0 bridgehead atoms. The zero-order chi connectivity index (χ0) is 7.40. The molecule has 48 valence electrons. The van der Waals surface area contributed by atoms with Crippen LogP contribution >= 0.6 is 0 Å². The van der Waals surface area contributed by atoms with Crippen molar-refractivity contribution < 1.29 is 0 Å². The van der Waals surface area contributed by atoms with E-state index >= 15 is 0 Å². The van der Waals surface area contributed by atoms with Crippen LogP contribution in [-0.4, -0.2) is 14.3 Å². The SMILES string of the molecule is [C]#CC1=[C]C(=[SiH]C)CC=C1. The summed E-state index contributed by atoms with van der Waals surface area (Å²) in [6.45, 7) is 2.18. The molecule has 0 nitrogen and oxygen atoms in total. The van der Waals surface area contributed by atoms with Crippen LogP contribution in [-0.2, 0) is 0 Å². The van der Waals surface area contributed by atoms with Gasteiger partial charge in [-0.15, -0.1) is 0 Å². The Morgan fingerprint density at radius 1 is 1.80 bits per heavy atom. The van der Waals surface area contributed by atoms with Gasteiger partial charge >= 0.3 is 0 Å². The van der Waals surface area contributed by atoms with E-state index in [1.807, 2.05) is 6.08 Å². The standard InChI is InChI=1S/C9H8Si/c1-3-8-5-4-6-9(7-8)10-2/h4-5,10H,6H2,2H3. The molecule has 1 aliphatic rings. The van der Waals surface area contributed by atoms with Gasteiger partial charge in [0, 0.05) is 5.57 Å². The lowest BCUT2D eigenvalue weighted by molar-refractivity contribution is 1.46. The van der Waals surface area contributed by atoms with Gasteiger partial charge in [-0.3, -0.25) is 0 Å². The minimum atomic E-state index is 0.372. The summed E-state index contributed by atoms with van der Waals surface area (Å²) in [6, 6.07) is 0. The largest absolute Gasteiger partial charge is 0.0793 e. The van der Waals surface area contributed by atoms with E-state index in [1.165, 1.54) is 5.17 Å². The molecule has 0 fully saturated rings. The zero-order valence-corrected chi connectivity index (χ0v) is 7.09. The number of allylic oxidation sites excluding steroid dienone is 4. The van der Waals surface area contributed by atoms with Gasteiger partial charge in [0.15, 0.2) is 0 Å². The Bertz CT molecular complexity index is 248. The van der Waals surface area contributed by atoms with Crippen molar-refractivity contribution in [1.82, 2.24) is 0 Å². The smallest absolute Gasteiger partial charge is 0.0330 e. The first kappa shape index (κ1) is 7.24. The van der Waals surface area contributed by atoms with Crippen molar-refractivity contribution in [3.63, 3.8) is 0 Å². The van der Waals surface area contributed by atoms with Crippen molar-refractivity contribution in [2.75, 3.05) is 0 Å². The minimum absolute atomic E-state index is 0.372. The van der Waals surface area contributed by atoms with Crippen molar-refractivity contribution in [2.45, 2.75) is 13.0 Å². The van der Waals surface area contributed by atoms with Gasteiger partial charge in [-0.05, 0) is 34.1 Å². The molecule has 0 atom stereocenters. The van der Waals surface area contributed by atoms with Crippen LogP contribution in [0.15, 0.2) is 17.7 Å². The van der Waals surface area contributed by atoms with Crippen molar-refractivity contribution in [2.24, 2.45) is 0 Å². The lowest BCUT2D eigenvalue weighted by Gasteiger charge is -2.01. The molecule has 0 unspecified atom stereocenters. The quantitative estimate of drug-likeness (QED) is 0.350. The summed E-state index contributed by atoms with van der Waals surface area (Å²) >= 11 is 0. The van der Waals surface area contributed by atoms with E-state index in [4.69, 9.17) is 6.42 Å². The molecule has 0 amide bonds. The molecule has 0 aromatic heterocycles. The molecule has 0 aromatic carbocycles. The van der Waals surface area contributed by atoms with Crippen LogP contribution in [0.2, 0.25) is 6.55 Å². The van der Waals surface area contributed by atoms with E-state index in [1.54, 1.807) is 0 Å². The summed E-state index contributed by atoms with van der Waals surface area (Å²) in [5.74, 6) is 2.33. The Kier molecular flexibility index (Phi) is 2.41. The number of rotatable bonds is 0. The predicted molar refractivity (Wildman–Crippen MR) is 45.7 cm³/mol. The van der Waals surface area contributed by atoms with Gasteiger partial charge in [0.05, 0.1) is 0 Å². The Hall–Kier alpha value is -0.873. The van der Waals surface area contributed by atoms with Crippen LogP contribution in [0, 0.1) is 18.4 Å². The van der Waals surface area contributed by atoms with Crippen molar-refractivity contribution in [1.29, 1.82) is 0 Å². The van der Waals surface area contributed by atoms with Gasteiger partial charge in [-0.25, -0.2) is 0 Å². The highest BCUT2D eigenvalue weighted by molar-refractivity contribution is 6.55. The number of hydrogen-bond donors (Lipinski definition) is 0. The first-order chi connectivity index (χ1) is 4.86. The lowest BCUT2D eigenvalue weighted by atomic mass is 10.1. The van der Waals surface area contributed by atoms with Crippen LogP contribution in [0.25, 0.3) is 0 Å². The molecular formula is C9H8Si. The maximum absolute atomic E-state index is 6.86. The fourth-order valence-corrected chi connectivity index (χ4v) is 1.50. The Balaban J connectivity index is 2.87. The average Bonchev–Trinajstić information content (AvgIpc) is 2.05. The third-order valence-electron chi connectivity index (χ3n) is 1.40. The summed E-state index contributed by atoms with van der Waals surface area (Å²) in [6.07, 6.45) is 15.0. The van der Waals surface area contributed by atoms with E-state index in [2.05, 4.69) is 24.6 Å². The Morgan fingerprint density at radius 2 is 2.60 bits per heavy atom. The molecule has 10 heavy (non-hydrogen) atoms. The van der Waals surface area contributed by atoms with Crippen molar-refractivity contribution >= 4 is 14.3 Å². The Morgan fingerprint density at radius 3 is 3.20 bits per heavy atom. The highest BCUT2D eigenvalue weighted by atomic mass is 28.2.